The summed E-state index contributed by atoms with van der Waals surface area (Å²) < 4.78 is 6.05. The lowest BCUT2D eigenvalue weighted by atomic mass is 10.1. The number of aromatic amines is 1. The first kappa shape index (κ1) is 24.3. The van der Waals surface area contributed by atoms with E-state index >= 15 is 0 Å². The van der Waals surface area contributed by atoms with E-state index in [0.717, 1.165) is 54.0 Å². The number of likely N-dealkylation sites (tertiary alicyclic amines) is 2. The number of rotatable bonds is 4. The zero-order valence-electron chi connectivity index (χ0n) is 19.7. The molecule has 9 nitrogen and oxygen atoms in total. The van der Waals surface area contributed by atoms with Crippen molar-refractivity contribution in [3.63, 3.8) is 0 Å². The van der Waals surface area contributed by atoms with Crippen molar-refractivity contribution in [1.82, 2.24) is 25.0 Å². The molecule has 3 aromatic rings. The molecule has 2 aliphatic heterocycles. The molecule has 2 aromatic heterocycles. The van der Waals surface area contributed by atoms with Gasteiger partial charge in [0.2, 0.25) is 0 Å². The summed E-state index contributed by atoms with van der Waals surface area (Å²) in [6.07, 6.45) is 2.98. The Kier molecular flexibility index (Phi) is 7.91. The number of hydrogen-bond acceptors (Lipinski definition) is 7. The van der Waals surface area contributed by atoms with E-state index in [1.165, 1.54) is 16.9 Å². The van der Waals surface area contributed by atoms with Crippen molar-refractivity contribution >= 4 is 28.3 Å². The number of urea groups is 1. The van der Waals surface area contributed by atoms with Crippen LogP contribution in [0.25, 0.3) is 10.9 Å². The van der Waals surface area contributed by atoms with Gasteiger partial charge in [0.1, 0.15) is 5.01 Å². The molecule has 0 bridgehead atoms. The summed E-state index contributed by atoms with van der Waals surface area (Å²) in [6.45, 7) is 6.07. The van der Waals surface area contributed by atoms with Gasteiger partial charge in [-0.25, -0.2) is 9.89 Å². The number of piperidine rings is 1. The highest BCUT2D eigenvalue weighted by Gasteiger charge is 2.24. The minimum atomic E-state index is -0.339. The van der Waals surface area contributed by atoms with Crippen molar-refractivity contribution < 1.29 is 9.53 Å². The summed E-state index contributed by atoms with van der Waals surface area (Å²) in [7, 11) is 2.09. The van der Waals surface area contributed by atoms with E-state index in [1.807, 2.05) is 25.1 Å². The zero-order valence-corrected chi connectivity index (χ0v) is 20.5. The molecular formula is C24H32N6O3S. The zero-order chi connectivity index (χ0) is 24.1. The van der Waals surface area contributed by atoms with E-state index in [0.29, 0.717) is 25.6 Å². The van der Waals surface area contributed by atoms with Gasteiger partial charge < -0.3 is 20.3 Å². The lowest BCUT2D eigenvalue weighted by Gasteiger charge is -2.30. The van der Waals surface area contributed by atoms with E-state index in [-0.39, 0.29) is 17.0 Å². The van der Waals surface area contributed by atoms with Gasteiger partial charge >= 0.3 is 10.9 Å². The maximum atomic E-state index is 11.1. The molecule has 2 saturated heterocycles. The van der Waals surface area contributed by atoms with Gasteiger partial charge in [0.25, 0.3) is 0 Å². The van der Waals surface area contributed by atoms with Gasteiger partial charge in [-0.05, 0) is 57.5 Å². The number of para-hydroxylation sites is 1. The number of likely N-dealkylation sites (N-methyl/N-ethyl adjacent to an activating group) is 1. The number of aryl methyl sites for hydroxylation is 1. The molecule has 0 radical (unpaired) electrons. The predicted octanol–water partition coefficient (Wildman–Crippen LogP) is 2.85. The first-order chi connectivity index (χ1) is 16.4. The lowest BCUT2D eigenvalue weighted by Crippen LogP contribution is -2.43. The molecule has 0 aliphatic carbocycles. The van der Waals surface area contributed by atoms with Crippen LogP contribution in [0, 0.1) is 6.92 Å². The van der Waals surface area contributed by atoms with Crippen LogP contribution in [0.4, 0.5) is 4.79 Å². The Morgan fingerprint density at radius 3 is 2.65 bits per heavy atom. The predicted molar refractivity (Wildman–Crippen MR) is 133 cm³/mol. The number of carbonyl (C=O) groups excluding carboxylic acids is 1. The largest absolute Gasteiger partial charge is 0.373 e. The number of aromatic nitrogens is 3. The Bertz CT molecular complexity index is 1170. The third kappa shape index (κ3) is 6.19. The van der Waals surface area contributed by atoms with E-state index < -0.39 is 0 Å². The first-order valence-electron chi connectivity index (χ1n) is 11.6. The van der Waals surface area contributed by atoms with Crippen LogP contribution in [-0.2, 0) is 11.3 Å². The lowest BCUT2D eigenvalue weighted by molar-refractivity contribution is 0.00554. The van der Waals surface area contributed by atoms with Gasteiger partial charge in [0, 0.05) is 36.6 Å². The molecule has 2 fully saturated rings. The molecule has 2 amide bonds. The van der Waals surface area contributed by atoms with Crippen LogP contribution < -0.4 is 10.6 Å². The maximum absolute atomic E-state index is 11.1. The van der Waals surface area contributed by atoms with Crippen molar-refractivity contribution in [2.75, 3.05) is 33.2 Å². The van der Waals surface area contributed by atoms with Gasteiger partial charge in [-0.3, -0.25) is 9.78 Å². The number of H-pyrrole nitrogens is 1. The van der Waals surface area contributed by atoms with E-state index in [9.17, 15) is 9.59 Å². The van der Waals surface area contributed by atoms with Crippen LogP contribution in [0.5, 0.6) is 0 Å². The van der Waals surface area contributed by atoms with Crippen molar-refractivity contribution in [3.05, 3.63) is 56.3 Å². The second-order valence-corrected chi connectivity index (χ2v) is 9.97. The summed E-state index contributed by atoms with van der Waals surface area (Å²) >= 11 is 1.24. The Morgan fingerprint density at radius 1 is 1.24 bits per heavy atom. The molecule has 10 heteroatoms. The number of amides is 2. The minimum absolute atomic E-state index is 0.0421. The molecule has 1 atom stereocenters. The molecule has 2 aliphatic rings. The molecule has 1 aromatic carbocycles. The number of benzene rings is 1. The summed E-state index contributed by atoms with van der Waals surface area (Å²) in [5, 5.41) is 8.55. The number of hydrogen-bond donors (Lipinski definition) is 2. The highest BCUT2D eigenvalue weighted by molar-refractivity contribution is 7.08. The number of primary amides is 1. The monoisotopic (exact) mass is 484 g/mol. The van der Waals surface area contributed by atoms with Crippen molar-refractivity contribution in [3.8, 4) is 0 Å². The Morgan fingerprint density at radius 2 is 2.00 bits per heavy atom. The summed E-state index contributed by atoms with van der Waals surface area (Å²) in [5.41, 5.74) is 8.47. The summed E-state index contributed by atoms with van der Waals surface area (Å²) in [4.78, 5) is 30.4. The SMILES string of the molecule is CN1CC[C@@H](c2n[nH]c(=O)s2)C1.Cc1cc(COC2CCN(C(N)=O)CC2)c2ccccc2n1. The van der Waals surface area contributed by atoms with Gasteiger partial charge in [0.05, 0.1) is 18.2 Å². The third-order valence-electron chi connectivity index (χ3n) is 6.35. The summed E-state index contributed by atoms with van der Waals surface area (Å²) in [5.74, 6) is 0.471. The highest BCUT2D eigenvalue weighted by atomic mass is 32.1. The van der Waals surface area contributed by atoms with Crippen LogP contribution in [0.2, 0.25) is 0 Å². The minimum Gasteiger partial charge on any atom is -0.373 e. The quantitative estimate of drug-likeness (QED) is 0.588. The molecule has 4 heterocycles. The second-order valence-electron chi connectivity index (χ2n) is 8.97. The fraction of sp³-hybridized carbons (Fsp3) is 0.500. The van der Waals surface area contributed by atoms with Crippen LogP contribution >= 0.6 is 11.3 Å². The van der Waals surface area contributed by atoms with Crippen LogP contribution in [-0.4, -0.2) is 70.3 Å². The van der Waals surface area contributed by atoms with Gasteiger partial charge in [-0.15, -0.1) is 0 Å². The molecule has 5 rings (SSSR count). The molecule has 3 N–H and O–H groups in total. The van der Waals surface area contributed by atoms with E-state index in [4.69, 9.17) is 10.5 Å². The number of pyridine rings is 1. The van der Waals surface area contributed by atoms with Crippen molar-refractivity contribution in [2.45, 2.75) is 44.8 Å². The normalized spacial score (nSPS) is 19.2. The molecule has 0 unspecified atom stereocenters. The average Bonchev–Trinajstić information content (AvgIpc) is 3.46. The van der Waals surface area contributed by atoms with Gasteiger partial charge in [-0.2, -0.15) is 5.10 Å². The topological polar surface area (TPSA) is 117 Å². The van der Waals surface area contributed by atoms with E-state index in [1.54, 1.807) is 4.90 Å². The standard InChI is InChI=1S/C17H21N3O2.C7H11N3OS/c1-12-10-13(15-4-2-3-5-16(15)19-12)11-22-14-6-8-20(9-7-14)17(18)21;1-10-3-2-5(4-10)6-8-9-7(11)12-6/h2-5,10,14H,6-9,11H2,1H3,(H2,18,21);5H,2-4H2,1H3,(H,9,11)/t;5-/m.1/s1. The van der Waals surface area contributed by atoms with E-state index in [2.05, 4.69) is 39.3 Å². The number of nitrogens with one attached hydrogen (secondary N) is 1. The van der Waals surface area contributed by atoms with Crippen LogP contribution in [0.3, 0.4) is 0 Å². The molecular weight excluding hydrogens is 452 g/mol. The van der Waals surface area contributed by atoms with Crippen molar-refractivity contribution in [1.29, 1.82) is 0 Å². The number of nitrogens with two attached hydrogens (primary N) is 1. The van der Waals surface area contributed by atoms with Gasteiger partial charge in [-0.1, -0.05) is 29.5 Å². The number of ether oxygens (including phenoxy) is 1. The Balaban J connectivity index is 0.000000192. The fourth-order valence-corrected chi connectivity index (χ4v) is 5.25. The third-order valence-corrected chi connectivity index (χ3v) is 7.26. The summed E-state index contributed by atoms with van der Waals surface area (Å²) in [6, 6.07) is 9.87. The Hall–Kier alpha value is -2.82. The number of nitrogens with zero attached hydrogens (tertiary/aromatic N) is 4. The van der Waals surface area contributed by atoms with Gasteiger partial charge in [0.15, 0.2) is 0 Å². The van der Waals surface area contributed by atoms with Crippen molar-refractivity contribution in [2.24, 2.45) is 5.73 Å². The smallest absolute Gasteiger partial charge is 0.322 e. The second kappa shape index (κ2) is 11.1. The average molecular weight is 485 g/mol. The van der Waals surface area contributed by atoms with Crippen LogP contribution in [0.1, 0.15) is 41.4 Å². The first-order valence-corrected chi connectivity index (χ1v) is 12.5. The molecule has 34 heavy (non-hydrogen) atoms. The number of fused-ring (bicyclic) bond motifs is 1. The van der Waals surface area contributed by atoms with Crippen LogP contribution in [0.15, 0.2) is 35.1 Å². The fourth-order valence-electron chi connectivity index (χ4n) is 4.52. The maximum Gasteiger partial charge on any atom is 0.322 e. The molecule has 0 saturated carbocycles. The molecule has 182 valence electrons. The molecule has 0 spiro atoms. The highest BCUT2D eigenvalue weighted by Crippen LogP contribution is 2.25. The number of carbonyl (C=O) groups is 1. The Labute approximate surface area is 202 Å².